The van der Waals surface area contributed by atoms with E-state index in [0.717, 1.165) is 42.1 Å². The number of aliphatic hydroxyl groups is 1. The predicted molar refractivity (Wildman–Crippen MR) is 153 cm³/mol. The van der Waals surface area contributed by atoms with Gasteiger partial charge in [0.1, 0.15) is 0 Å². The van der Waals surface area contributed by atoms with Gasteiger partial charge in [-0.15, -0.1) is 0 Å². The van der Waals surface area contributed by atoms with Gasteiger partial charge < -0.3 is 10.4 Å². The molecule has 0 aliphatic heterocycles. The molecule has 206 valence electrons. The third-order valence-corrected chi connectivity index (χ3v) is 7.99. The number of imidazole rings is 1. The van der Waals surface area contributed by atoms with Crippen LogP contribution in [0.25, 0.3) is 27.8 Å². The van der Waals surface area contributed by atoms with Crippen LogP contribution in [0.1, 0.15) is 41.7 Å². The Morgan fingerprint density at radius 2 is 1.85 bits per heavy atom. The van der Waals surface area contributed by atoms with Crippen molar-refractivity contribution >= 4 is 39.6 Å². The summed E-state index contributed by atoms with van der Waals surface area (Å²) in [5, 5.41) is 18.0. The molecule has 1 amide bonds. The summed E-state index contributed by atoms with van der Waals surface area (Å²) in [6.07, 6.45) is 8.42. The maximum atomic E-state index is 13.8. The summed E-state index contributed by atoms with van der Waals surface area (Å²) < 4.78 is 5.22. The number of amides is 1. The number of hydrogen-bond acceptors (Lipinski definition) is 6. The van der Waals surface area contributed by atoms with Crippen LogP contribution >= 0.6 is 11.6 Å². The molecular formula is C29H30ClN7O3. The lowest BCUT2D eigenvalue weighted by Crippen LogP contribution is -2.39. The summed E-state index contributed by atoms with van der Waals surface area (Å²) in [6.45, 7) is 2.74. The zero-order chi connectivity index (χ0) is 27.8. The van der Waals surface area contributed by atoms with Crippen LogP contribution in [0, 0.1) is 12.8 Å². The summed E-state index contributed by atoms with van der Waals surface area (Å²) >= 11 is 6.05. The van der Waals surface area contributed by atoms with Crippen molar-refractivity contribution in [2.45, 2.75) is 51.7 Å². The lowest BCUT2D eigenvalue weighted by Gasteiger charge is -2.29. The molecule has 1 aliphatic rings. The molecule has 6 rings (SSSR count). The summed E-state index contributed by atoms with van der Waals surface area (Å²) in [7, 11) is 0. The first-order chi connectivity index (χ1) is 19.4. The van der Waals surface area contributed by atoms with Gasteiger partial charge in [0.25, 0.3) is 5.91 Å². The highest BCUT2D eigenvalue weighted by molar-refractivity contribution is 6.30. The zero-order valence-electron chi connectivity index (χ0n) is 22.1. The largest absolute Gasteiger partial charge is 0.394 e. The Labute approximate surface area is 235 Å². The molecule has 0 unspecified atom stereocenters. The maximum Gasteiger partial charge on any atom is 0.333 e. The fourth-order valence-corrected chi connectivity index (χ4v) is 5.88. The Kier molecular flexibility index (Phi) is 7.12. The zero-order valence-corrected chi connectivity index (χ0v) is 22.9. The molecule has 40 heavy (non-hydrogen) atoms. The second kappa shape index (κ2) is 10.9. The van der Waals surface area contributed by atoms with Gasteiger partial charge >= 0.3 is 5.69 Å². The molecule has 1 aromatic carbocycles. The van der Waals surface area contributed by atoms with Gasteiger partial charge in [0.05, 0.1) is 58.5 Å². The molecular weight excluding hydrogens is 530 g/mol. The molecule has 11 heteroatoms. The van der Waals surface area contributed by atoms with Crippen LogP contribution in [0.4, 0.5) is 0 Å². The third kappa shape index (κ3) is 4.89. The van der Waals surface area contributed by atoms with Crippen molar-refractivity contribution in [3.05, 3.63) is 81.8 Å². The summed E-state index contributed by atoms with van der Waals surface area (Å²) in [5.74, 6) is 0.166. The van der Waals surface area contributed by atoms with Gasteiger partial charge in [0, 0.05) is 24.2 Å². The summed E-state index contributed by atoms with van der Waals surface area (Å²) in [5.41, 5.74) is 4.09. The van der Waals surface area contributed by atoms with E-state index in [4.69, 9.17) is 11.6 Å². The Hall–Kier alpha value is -4.02. The number of carbonyl (C=O) groups is 1. The molecule has 1 fully saturated rings. The molecule has 1 saturated carbocycles. The minimum Gasteiger partial charge on any atom is -0.394 e. The van der Waals surface area contributed by atoms with E-state index in [1.807, 2.05) is 34.9 Å². The normalized spacial score (nSPS) is 17.5. The van der Waals surface area contributed by atoms with Gasteiger partial charge in [-0.1, -0.05) is 23.7 Å². The molecule has 4 aromatic heterocycles. The number of para-hydroxylation sites is 2. The number of hydrogen-bond donors (Lipinski definition) is 2. The Balaban J connectivity index is 1.20. The minimum atomic E-state index is -0.150. The first kappa shape index (κ1) is 26.2. The number of aryl methyl sites for hydroxylation is 1. The number of aromatic nitrogens is 6. The number of halogens is 1. The average Bonchev–Trinajstić information content (AvgIpc) is 3.48. The lowest BCUT2D eigenvalue weighted by molar-refractivity contribution is 0.0919. The molecule has 0 saturated heterocycles. The van der Waals surface area contributed by atoms with Crippen molar-refractivity contribution in [3.63, 3.8) is 0 Å². The van der Waals surface area contributed by atoms with Gasteiger partial charge in [-0.25, -0.2) is 14.5 Å². The Morgan fingerprint density at radius 1 is 1.07 bits per heavy atom. The van der Waals surface area contributed by atoms with E-state index in [0.29, 0.717) is 46.6 Å². The first-order valence-electron chi connectivity index (χ1n) is 13.5. The number of fused-ring (bicyclic) bond motifs is 2. The number of benzene rings is 1. The fraction of sp³-hybridized carbons (Fsp3) is 0.345. The molecule has 4 heterocycles. The molecule has 0 spiro atoms. The average molecular weight is 560 g/mol. The smallest absolute Gasteiger partial charge is 0.333 e. The fourth-order valence-electron chi connectivity index (χ4n) is 5.72. The van der Waals surface area contributed by atoms with Crippen molar-refractivity contribution in [1.82, 2.24) is 34.2 Å². The van der Waals surface area contributed by atoms with E-state index in [2.05, 4.69) is 20.4 Å². The van der Waals surface area contributed by atoms with Gasteiger partial charge in [0.15, 0.2) is 5.65 Å². The molecule has 0 bridgehead atoms. The molecule has 1 aliphatic carbocycles. The topological polar surface area (TPSA) is 120 Å². The molecule has 2 N–H and O–H groups in total. The highest BCUT2D eigenvalue weighted by atomic mass is 35.5. The molecule has 0 radical (unpaired) electrons. The first-order valence-corrected chi connectivity index (χ1v) is 13.9. The van der Waals surface area contributed by atoms with Gasteiger partial charge in [0.2, 0.25) is 0 Å². The second-order valence-electron chi connectivity index (χ2n) is 10.4. The van der Waals surface area contributed by atoms with Gasteiger partial charge in [-0.05, 0) is 62.8 Å². The highest BCUT2D eigenvalue weighted by Gasteiger charge is 2.26. The Bertz CT molecular complexity index is 1760. The van der Waals surface area contributed by atoms with Crippen LogP contribution in [-0.2, 0) is 13.1 Å². The second-order valence-corrected chi connectivity index (χ2v) is 10.8. The number of nitrogens with zero attached hydrogens (tertiary/aromatic N) is 6. The number of pyridine rings is 2. The van der Waals surface area contributed by atoms with Gasteiger partial charge in [-0.2, -0.15) is 5.10 Å². The van der Waals surface area contributed by atoms with Crippen LogP contribution in [0.3, 0.4) is 0 Å². The van der Waals surface area contributed by atoms with E-state index < -0.39 is 0 Å². The minimum absolute atomic E-state index is 0.0273. The number of carbonyl (C=O) groups excluding carboxylic acids is 1. The van der Waals surface area contributed by atoms with Crippen molar-refractivity contribution in [2.24, 2.45) is 5.92 Å². The quantitative estimate of drug-likeness (QED) is 0.312. The molecule has 0 atom stereocenters. The third-order valence-electron chi connectivity index (χ3n) is 7.79. The van der Waals surface area contributed by atoms with E-state index >= 15 is 0 Å². The van der Waals surface area contributed by atoms with E-state index in [9.17, 15) is 14.7 Å². The highest BCUT2D eigenvalue weighted by Crippen LogP contribution is 2.28. The van der Waals surface area contributed by atoms with Crippen molar-refractivity contribution in [3.8, 4) is 5.69 Å². The van der Waals surface area contributed by atoms with E-state index in [-0.39, 0.29) is 24.2 Å². The van der Waals surface area contributed by atoms with Crippen molar-refractivity contribution in [2.75, 3.05) is 6.61 Å². The van der Waals surface area contributed by atoms with Crippen LogP contribution in [0.2, 0.25) is 5.02 Å². The number of nitrogens with one attached hydrogen (secondary N) is 1. The summed E-state index contributed by atoms with van der Waals surface area (Å²) in [4.78, 5) is 35.4. The van der Waals surface area contributed by atoms with Gasteiger partial charge in [-0.3, -0.25) is 18.9 Å². The number of aliphatic hydroxyl groups excluding tert-OH is 1. The van der Waals surface area contributed by atoms with Crippen LogP contribution in [0.5, 0.6) is 0 Å². The maximum absolute atomic E-state index is 13.8. The summed E-state index contributed by atoms with van der Waals surface area (Å²) in [6, 6.07) is 11.4. The lowest BCUT2D eigenvalue weighted by atomic mass is 9.85. The van der Waals surface area contributed by atoms with Crippen LogP contribution in [-0.4, -0.2) is 52.5 Å². The van der Waals surface area contributed by atoms with Crippen molar-refractivity contribution < 1.29 is 9.90 Å². The van der Waals surface area contributed by atoms with Crippen molar-refractivity contribution in [1.29, 1.82) is 0 Å². The standard InChI is InChI=1S/C29H30ClN7O3/c1-18-24(13-21(30)15-31-18)28(39)34-22-8-6-19(7-9-22)17-35-25-4-2-3-5-26(25)37(29(35)40)23-12-20-14-33-36(10-11-38)27(20)32-16-23/h2-5,12-16,19,22,38H,6-11,17H2,1H3,(H,34,39)/t19-,22-. The van der Waals surface area contributed by atoms with Crippen LogP contribution in [0.15, 0.2) is 59.8 Å². The molecule has 10 nitrogen and oxygen atoms in total. The predicted octanol–water partition coefficient (Wildman–Crippen LogP) is 3.87. The molecule has 5 aromatic rings. The number of rotatable bonds is 7. The monoisotopic (exact) mass is 559 g/mol. The van der Waals surface area contributed by atoms with E-state index in [1.54, 1.807) is 40.8 Å². The Morgan fingerprint density at radius 3 is 2.62 bits per heavy atom. The van der Waals surface area contributed by atoms with Crippen LogP contribution < -0.4 is 11.0 Å². The van der Waals surface area contributed by atoms with E-state index in [1.165, 1.54) is 0 Å². The SMILES string of the molecule is Cc1ncc(Cl)cc1C(=O)N[C@H]1CC[C@H](Cn2c(=O)n(-c3cnc4c(cnn4CCO)c3)c3ccccc32)CC1.